The second-order valence-electron chi connectivity index (χ2n) is 6.35. The Morgan fingerprint density at radius 3 is 2.34 bits per heavy atom. The summed E-state index contributed by atoms with van der Waals surface area (Å²) in [5.74, 6) is 0.597. The monoisotopic (exact) mass is 409 g/mol. The lowest BCUT2D eigenvalue weighted by atomic mass is 10.2. The van der Waals surface area contributed by atoms with Crippen LogP contribution in [0.15, 0.2) is 65.8 Å². The minimum absolute atomic E-state index is 0.112. The molecular formula is C21H23N5O2S. The van der Waals surface area contributed by atoms with Gasteiger partial charge >= 0.3 is 0 Å². The highest BCUT2D eigenvalue weighted by atomic mass is 32.2. The number of nitrogens with one attached hydrogen (secondary N) is 2. The van der Waals surface area contributed by atoms with Gasteiger partial charge in [0.2, 0.25) is 5.91 Å². The van der Waals surface area contributed by atoms with Crippen LogP contribution in [0.4, 0.5) is 5.69 Å². The Hall–Kier alpha value is -3.13. The summed E-state index contributed by atoms with van der Waals surface area (Å²) in [5.41, 5.74) is 1.35. The molecule has 2 aromatic carbocycles. The van der Waals surface area contributed by atoms with Crippen molar-refractivity contribution in [3.05, 3.63) is 72.1 Å². The molecule has 0 aliphatic heterocycles. The van der Waals surface area contributed by atoms with E-state index in [1.54, 1.807) is 12.1 Å². The number of hydrogen-bond donors (Lipinski definition) is 2. The maximum Gasteiger partial charge on any atom is 0.251 e. The lowest BCUT2D eigenvalue weighted by Crippen LogP contribution is -2.28. The number of para-hydroxylation sites is 1. The number of nitrogens with zero attached hydrogens (tertiary/aromatic N) is 3. The van der Waals surface area contributed by atoms with E-state index in [4.69, 9.17) is 0 Å². The second-order valence-corrected chi connectivity index (χ2v) is 7.29. The maximum atomic E-state index is 12.4. The van der Waals surface area contributed by atoms with Crippen LogP contribution in [0.1, 0.15) is 36.1 Å². The fourth-order valence-electron chi connectivity index (χ4n) is 2.81. The van der Waals surface area contributed by atoms with Gasteiger partial charge in [0.05, 0.1) is 11.8 Å². The molecule has 1 heterocycles. The average Bonchev–Trinajstić information content (AvgIpc) is 3.16. The quantitative estimate of drug-likeness (QED) is 0.556. The van der Waals surface area contributed by atoms with Crippen LogP contribution < -0.4 is 10.6 Å². The molecule has 0 aliphatic carbocycles. The van der Waals surface area contributed by atoms with Gasteiger partial charge in [-0.2, -0.15) is 0 Å². The van der Waals surface area contributed by atoms with E-state index in [-0.39, 0.29) is 23.6 Å². The first-order valence-electron chi connectivity index (χ1n) is 9.35. The van der Waals surface area contributed by atoms with Crippen molar-refractivity contribution in [3.63, 3.8) is 0 Å². The molecule has 0 bridgehead atoms. The molecule has 150 valence electrons. The highest BCUT2D eigenvalue weighted by molar-refractivity contribution is 7.99. The molecule has 7 nitrogen and oxygen atoms in total. The summed E-state index contributed by atoms with van der Waals surface area (Å²) in [6, 6.07) is 18.0. The maximum absolute atomic E-state index is 12.4. The van der Waals surface area contributed by atoms with Gasteiger partial charge < -0.3 is 15.2 Å². The summed E-state index contributed by atoms with van der Waals surface area (Å²) in [4.78, 5) is 24.6. The fraction of sp³-hybridized carbons (Fsp3) is 0.238. The first kappa shape index (κ1) is 20.6. The van der Waals surface area contributed by atoms with Crippen molar-refractivity contribution in [2.75, 3.05) is 11.1 Å². The molecule has 0 saturated carbocycles. The molecule has 2 amide bonds. The average molecular weight is 410 g/mol. The van der Waals surface area contributed by atoms with Crippen LogP contribution in [0.25, 0.3) is 0 Å². The van der Waals surface area contributed by atoms with E-state index in [2.05, 4.69) is 20.8 Å². The van der Waals surface area contributed by atoms with Crippen LogP contribution in [-0.2, 0) is 11.3 Å². The van der Waals surface area contributed by atoms with Crippen LogP contribution in [0.5, 0.6) is 0 Å². The molecule has 8 heteroatoms. The van der Waals surface area contributed by atoms with Crippen molar-refractivity contribution < 1.29 is 9.59 Å². The molecule has 0 spiro atoms. The highest BCUT2D eigenvalue weighted by Gasteiger charge is 2.20. The molecule has 1 aromatic heterocycles. The molecule has 0 aliphatic rings. The van der Waals surface area contributed by atoms with E-state index in [1.807, 2.05) is 66.9 Å². The Labute approximate surface area is 173 Å². The Morgan fingerprint density at radius 2 is 1.69 bits per heavy atom. The number of carbonyl (C=O) groups is 2. The van der Waals surface area contributed by atoms with Gasteiger partial charge in [-0.05, 0) is 38.1 Å². The van der Waals surface area contributed by atoms with Gasteiger partial charge in [0.15, 0.2) is 11.0 Å². The predicted molar refractivity (Wildman–Crippen MR) is 114 cm³/mol. The SMILES string of the molecule is CCn1c(SCC(=O)Nc2ccccc2)nnc1[C@H](C)NC(=O)c1ccccc1. The lowest BCUT2D eigenvalue weighted by Gasteiger charge is -2.15. The van der Waals surface area contributed by atoms with Crippen molar-refractivity contribution in [1.29, 1.82) is 0 Å². The topological polar surface area (TPSA) is 88.9 Å². The van der Waals surface area contributed by atoms with E-state index in [0.29, 0.717) is 23.1 Å². The third-order valence-electron chi connectivity index (χ3n) is 4.22. The molecule has 0 unspecified atom stereocenters. The smallest absolute Gasteiger partial charge is 0.251 e. The summed E-state index contributed by atoms with van der Waals surface area (Å²) in [6.45, 7) is 4.48. The summed E-state index contributed by atoms with van der Waals surface area (Å²) in [6.07, 6.45) is 0. The van der Waals surface area contributed by atoms with Crippen LogP contribution in [0, 0.1) is 0 Å². The third kappa shape index (κ3) is 5.45. The zero-order chi connectivity index (χ0) is 20.6. The van der Waals surface area contributed by atoms with Gasteiger partial charge in [-0.1, -0.05) is 48.2 Å². The Bertz CT molecular complexity index is 960. The van der Waals surface area contributed by atoms with Gasteiger partial charge in [0.25, 0.3) is 5.91 Å². The van der Waals surface area contributed by atoms with Gasteiger partial charge in [0.1, 0.15) is 0 Å². The van der Waals surface area contributed by atoms with Crippen molar-refractivity contribution in [2.24, 2.45) is 0 Å². The van der Waals surface area contributed by atoms with E-state index in [9.17, 15) is 9.59 Å². The summed E-state index contributed by atoms with van der Waals surface area (Å²) in [5, 5.41) is 14.9. The Balaban J connectivity index is 1.62. The van der Waals surface area contributed by atoms with Crippen LogP contribution in [-0.4, -0.2) is 32.3 Å². The molecule has 3 rings (SSSR count). The lowest BCUT2D eigenvalue weighted by molar-refractivity contribution is -0.113. The van der Waals surface area contributed by atoms with E-state index in [0.717, 1.165) is 5.69 Å². The van der Waals surface area contributed by atoms with E-state index < -0.39 is 0 Å². The van der Waals surface area contributed by atoms with Crippen molar-refractivity contribution in [1.82, 2.24) is 20.1 Å². The van der Waals surface area contributed by atoms with E-state index in [1.165, 1.54) is 11.8 Å². The number of hydrogen-bond acceptors (Lipinski definition) is 5. The normalized spacial score (nSPS) is 11.7. The Morgan fingerprint density at radius 1 is 1.03 bits per heavy atom. The molecule has 2 N–H and O–H groups in total. The third-order valence-corrected chi connectivity index (χ3v) is 5.19. The van der Waals surface area contributed by atoms with Crippen LogP contribution in [0.3, 0.4) is 0 Å². The van der Waals surface area contributed by atoms with Crippen molar-refractivity contribution in [2.45, 2.75) is 31.6 Å². The Kier molecular flexibility index (Phi) is 7.02. The molecule has 3 aromatic rings. The number of rotatable bonds is 8. The zero-order valence-corrected chi connectivity index (χ0v) is 17.1. The van der Waals surface area contributed by atoms with Gasteiger partial charge in [-0.3, -0.25) is 9.59 Å². The van der Waals surface area contributed by atoms with Gasteiger partial charge in [-0.15, -0.1) is 10.2 Å². The summed E-state index contributed by atoms with van der Waals surface area (Å²) < 4.78 is 1.91. The standard InChI is InChI=1S/C21H23N5O2S/c1-3-26-19(15(2)22-20(28)16-10-6-4-7-11-16)24-25-21(26)29-14-18(27)23-17-12-8-5-9-13-17/h4-13,15H,3,14H2,1-2H3,(H,22,28)(H,23,27)/t15-/m0/s1. The minimum Gasteiger partial charge on any atom is -0.342 e. The molecule has 0 saturated heterocycles. The summed E-state index contributed by atoms with van der Waals surface area (Å²) >= 11 is 1.32. The first-order valence-corrected chi connectivity index (χ1v) is 10.3. The van der Waals surface area contributed by atoms with E-state index >= 15 is 0 Å². The second kappa shape index (κ2) is 9.88. The number of aromatic nitrogens is 3. The molecular weight excluding hydrogens is 386 g/mol. The zero-order valence-electron chi connectivity index (χ0n) is 16.3. The van der Waals surface area contributed by atoms with Crippen molar-refractivity contribution in [3.8, 4) is 0 Å². The molecule has 29 heavy (non-hydrogen) atoms. The minimum atomic E-state index is -0.317. The van der Waals surface area contributed by atoms with Crippen molar-refractivity contribution >= 4 is 29.3 Å². The molecule has 0 fully saturated rings. The number of benzene rings is 2. The number of carbonyl (C=O) groups excluding carboxylic acids is 2. The first-order chi connectivity index (χ1) is 14.1. The van der Waals surface area contributed by atoms with Crippen LogP contribution >= 0.6 is 11.8 Å². The van der Waals surface area contributed by atoms with Crippen LogP contribution in [0.2, 0.25) is 0 Å². The highest BCUT2D eigenvalue weighted by Crippen LogP contribution is 2.21. The number of anilines is 1. The fourth-order valence-corrected chi connectivity index (χ4v) is 3.62. The van der Waals surface area contributed by atoms with Gasteiger partial charge in [-0.25, -0.2) is 0 Å². The predicted octanol–water partition coefficient (Wildman–Crippen LogP) is 3.52. The van der Waals surface area contributed by atoms with Gasteiger partial charge in [0, 0.05) is 17.8 Å². The summed E-state index contributed by atoms with van der Waals surface area (Å²) in [7, 11) is 0. The number of thioether (sulfide) groups is 1. The molecule has 0 radical (unpaired) electrons. The molecule has 1 atom stereocenters. The number of amides is 2. The largest absolute Gasteiger partial charge is 0.342 e.